The molecule has 0 spiro atoms. The van der Waals surface area contributed by atoms with Gasteiger partial charge in [-0.05, 0) is 37.6 Å². The highest BCUT2D eigenvalue weighted by molar-refractivity contribution is 6.31. The largest absolute Gasteiger partial charge is 0.493 e. The average molecular weight is 261 g/mol. The molecular weight excluding hydrogens is 248 g/mol. The molecule has 1 aromatic carbocycles. The molecule has 18 heavy (non-hydrogen) atoms. The molecule has 4 heteroatoms. The Hall–Kier alpha value is -1.61. The molecule has 0 amide bonds. The summed E-state index contributed by atoms with van der Waals surface area (Å²) in [6, 6.07) is 6.05. The number of fused-ring (bicyclic) bond motifs is 1. The van der Waals surface area contributed by atoms with Crippen LogP contribution in [0.2, 0.25) is 5.15 Å². The molecule has 2 heterocycles. The van der Waals surface area contributed by atoms with Gasteiger partial charge in [0.1, 0.15) is 11.4 Å². The number of aryl methyl sites for hydroxylation is 2. The Balaban J connectivity index is 2.12. The SMILES string of the molecule is Cc1nc(Cl)c(-c2ccc3c(c2)CCO3)nc1C. The van der Waals surface area contributed by atoms with Gasteiger partial charge in [-0.3, -0.25) is 0 Å². The lowest BCUT2D eigenvalue weighted by atomic mass is 10.1. The van der Waals surface area contributed by atoms with E-state index >= 15 is 0 Å². The van der Waals surface area contributed by atoms with Crippen molar-refractivity contribution in [3.8, 4) is 17.0 Å². The Bertz CT molecular complexity index is 625. The van der Waals surface area contributed by atoms with Gasteiger partial charge in [-0.2, -0.15) is 0 Å². The molecule has 0 atom stereocenters. The van der Waals surface area contributed by atoms with Crippen molar-refractivity contribution in [1.29, 1.82) is 0 Å². The number of halogens is 1. The monoisotopic (exact) mass is 260 g/mol. The predicted octanol–water partition coefficient (Wildman–Crippen LogP) is 3.35. The van der Waals surface area contributed by atoms with Gasteiger partial charge >= 0.3 is 0 Å². The van der Waals surface area contributed by atoms with Crippen molar-refractivity contribution < 1.29 is 4.74 Å². The zero-order chi connectivity index (χ0) is 12.7. The highest BCUT2D eigenvalue weighted by Gasteiger charge is 2.15. The number of rotatable bonds is 1. The lowest BCUT2D eigenvalue weighted by Gasteiger charge is -2.08. The van der Waals surface area contributed by atoms with Crippen molar-refractivity contribution in [3.63, 3.8) is 0 Å². The van der Waals surface area contributed by atoms with E-state index in [0.29, 0.717) is 5.15 Å². The van der Waals surface area contributed by atoms with Gasteiger partial charge in [-0.15, -0.1) is 0 Å². The maximum absolute atomic E-state index is 6.18. The Morgan fingerprint density at radius 1 is 1.17 bits per heavy atom. The van der Waals surface area contributed by atoms with Crippen LogP contribution in [0.5, 0.6) is 5.75 Å². The molecule has 0 unspecified atom stereocenters. The number of hydrogen-bond acceptors (Lipinski definition) is 3. The lowest BCUT2D eigenvalue weighted by Crippen LogP contribution is -1.96. The predicted molar refractivity (Wildman–Crippen MR) is 71.2 cm³/mol. The summed E-state index contributed by atoms with van der Waals surface area (Å²) in [5.74, 6) is 0.965. The summed E-state index contributed by atoms with van der Waals surface area (Å²) >= 11 is 6.18. The van der Waals surface area contributed by atoms with E-state index in [9.17, 15) is 0 Å². The van der Waals surface area contributed by atoms with Crippen LogP contribution in [0.15, 0.2) is 18.2 Å². The van der Waals surface area contributed by atoms with Crippen LogP contribution < -0.4 is 4.74 Å². The molecule has 0 saturated carbocycles. The molecule has 0 bridgehead atoms. The van der Waals surface area contributed by atoms with Crippen molar-refractivity contribution in [2.75, 3.05) is 6.61 Å². The fourth-order valence-corrected chi connectivity index (χ4v) is 2.37. The summed E-state index contributed by atoms with van der Waals surface area (Å²) in [5.41, 5.74) is 4.73. The molecular formula is C14H13ClN2O. The molecule has 1 aliphatic rings. The van der Waals surface area contributed by atoms with E-state index in [0.717, 1.165) is 41.4 Å². The Morgan fingerprint density at radius 2 is 1.94 bits per heavy atom. The van der Waals surface area contributed by atoms with Gasteiger partial charge in [0.2, 0.25) is 0 Å². The molecule has 3 rings (SSSR count). The van der Waals surface area contributed by atoms with Crippen molar-refractivity contribution >= 4 is 11.6 Å². The Labute approximate surface area is 111 Å². The van der Waals surface area contributed by atoms with Gasteiger partial charge < -0.3 is 4.74 Å². The molecule has 1 aliphatic heterocycles. The van der Waals surface area contributed by atoms with Gasteiger partial charge in [-0.25, -0.2) is 9.97 Å². The normalized spacial score (nSPS) is 13.3. The number of ether oxygens (including phenoxy) is 1. The van der Waals surface area contributed by atoms with Crippen LogP contribution in [0.1, 0.15) is 17.0 Å². The van der Waals surface area contributed by atoms with Crippen LogP contribution in [0, 0.1) is 13.8 Å². The first-order valence-electron chi connectivity index (χ1n) is 5.92. The smallest absolute Gasteiger partial charge is 0.155 e. The molecule has 0 saturated heterocycles. The van der Waals surface area contributed by atoms with Crippen molar-refractivity contribution in [3.05, 3.63) is 40.3 Å². The van der Waals surface area contributed by atoms with Crippen molar-refractivity contribution in [2.45, 2.75) is 20.3 Å². The summed E-state index contributed by atoms with van der Waals surface area (Å²) in [4.78, 5) is 8.85. The number of nitrogens with zero attached hydrogens (tertiary/aromatic N) is 2. The van der Waals surface area contributed by atoms with E-state index in [4.69, 9.17) is 16.3 Å². The van der Waals surface area contributed by atoms with Crippen molar-refractivity contribution in [1.82, 2.24) is 9.97 Å². The van der Waals surface area contributed by atoms with Crippen LogP contribution in [-0.2, 0) is 6.42 Å². The maximum Gasteiger partial charge on any atom is 0.155 e. The summed E-state index contributed by atoms with van der Waals surface area (Å²) in [7, 11) is 0. The van der Waals surface area contributed by atoms with Crippen LogP contribution in [0.3, 0.4) is 0 Å². The second-order valence-electron chi connectivity index (χ2n) is 4.45. The highest BCUT2D eigenvalue weighted by atomic mass is 35.5. The quantitative estimate of drug-likeness (QED) is 0.789. The van der Waals surface area contributed by atoms with Gasteiger partial charge in [0, 0.05) is 12.0 Å². The molecule has 92 valence electrons. The van der Waals surface area contributed by atoms with E-state index in [1.165, 1.54) is 5.56 Å². The first-order chi connectivity index (χ1) is 8.65. The second kappa shape index (κ2) is 4.25. The third-order valence-electron chi connectivity index (χ3n) is 3.23. The van der Waals surface area contributed by atoms with Crippen LogP contribution in [-0.4, -0.2) is 16.6 Å². The zero-order valence-corrected chi connectivity index (χ0v) is 11.1. The van der Waals surface area contributed by atoms with E-state index < -0.39 is 0 Å². The fourth-order valence-electron chi connectivity index (χ4n) is 2.09. The molecule has 0 aliphatic carbocycles. The summed E-state index contributed by atoms with van der Waals surface area (Å²) in [6.07, 6.45) is 0.944. The van der Waals surface area contributed by atoms with Crippen molar-refractivity contribution in [2.24, 2.45) is 0 Å². The van der Waals surface area contributed by atoms with E-state index in [2.05, 4.69) is 16.0 Å². The van der Waals surface area contributed by atoms with E-state index in [1.807, 2.05) is 26.0 Å². The molecule has 0 fully saturated rings. The first-order valence-corrected chi connectivity index (χ1v) is 6.30. The summed E-state index contributed by atoms with van der Waals surface area (Å²) in [6.45, 7) is 4.61. The minimum atomic E-state index is 0.456. The molecule has 0 N–H and O–H groups in total. The van der Waals surface area contributed by atoms with Gasteiger partial charge in [-0.1, -0.05) is 11.6 Å². The minimum Gasteiger partial charge on any atom is -0.493 e. The molecule has 2 aromatic rings. The van der Waals surface area contributed by atoms with E-state index in [-0.39, 0.29) is 0 Å². The molecule has 1 aromatic heterocycles. The Kier molecular flexibility index (Phi) is 2.71. The zero-order valence-electron chi connectivity index (χ0n) is 10.3. The first kappa shape index (κ1) is 11.5. The number of benzene rings is 1. The number of hydrogen-bond donors (Lipinski definition) is 0. The Morgan fingerprint density at radius 3 is 2.78 bits per heavy atom. The topological polar surface area (TPSA) is 35.0 Å². The lowest BCUT2D eigenvalue weighted by molar-refractivity contribution is 0.357. The third kappa shape index (κ3) is 1.85. The molecule has 0 radical (unpaired) electrons. The fraction of sp³-hybridized carbons (Fsp3) is 0.286. The van der Waals surface area contributed by atoms with Crippen LogP contribution >= 0.6 is 11.6 Å². The van der Waals surface area contributed by atoms with E-state index in [1.54, 1.807) is 0 Å². The van der Waals surface area contributed by atoms with Gasteiger partial charge in [0.25, 0.3) is 0 Å². The summed E-state index contributed by atoms with van der Waals surface area (Å²) < 4.78 is 5.49. The maximum atomic E-state index is 6.18. The van der Waals surface area contributed by atoms with Gasteiger partial charge in [0.15, 0.2) is 5.15 Å². The highest BCUT2D eigenvalue weighted by Crippen LogP contribution is 2.32. The van der Waals surface area contributed by atoms with Crippen LogP contribution in [0.25, 0.3) is 11.3 Å². The van der Waals surface area contributed by atoms with Crippen LogP contribution in [0.4, 0.5) is 0 Å². The third-order valence-corrected chi connectivity index (χ3v) is 3.49. The molecule has 3 nitrogen and oxygen atoms in total. The second-order valence-corrected chi connectivity index (χ2v) is 4.81. The average Bonchev–Trinajstić information content (AvgIpc) is 2.80. The summed E-state index contributed by atoms with van der Waals surface area (Å²) in [5, 5.41) is 0.456. The van der Waals surface area contributed by atoms with Gasteiger partial charge in [0.05, 0.1) is 18.0 Å². The number of aromatic nitrogens is 2. The standard InChI is InChI=1S/C14H13ClN2O/c1-8-9(2)17-14(15)13(16-8)11-3-4-12-10(7-11)5-6-18-12/h3-4,7H,5-6H2,1-2H3. The minimum absolute atomic E-state index is 0.456.